The quantitative estimate of drug-likeness (QED) is 0.766. The Balaban J connectivity index is 2.84. The molecule has 2 atom stereocenters. The minimum absolute atomic E-state index is 0.0490. The summed E-state index contributed by atoms with van der Waals surface area (Å²) in [6, 6.07) is 9.70. The molecule has 4 nitrogen and oxygen atoms in total. The predicted octanol–water partition coefficient (Wildman–Crippen LogP) is 2.41. The first-order valence-corrected chi connectivity index (χ1v) is 6.37. The molecule has 2 unspecified atom stereocenters. The summed E-state index contributed by atoms with van der Waals surface area (Å²) in [5.41, 5.74) is 1.05. The maximum Gasteiger partial charge on any atom is 0.310 e. The average Bonchev–Trinajstić information content (AvgIpc) is 2.43. The van der Waals surface area contributed by atoms with Gasteiger partial charge in [0.25, 0.3) is 0 Å². The molecule has 0 saturated carbocycles. The number of carbonyl (C=O) groups excluding carboxylic acids is 2. The number of nitrogens with zero attached hydrogens (tertiary/aromatic N) is 1. The Bertz CT molecular complexity index is 430. The maximum atomic E-state index is 11.8. The molecule has 0 bridgehead atoms. The number of benzene rings is 1. The largest absolute Gasteiger partial charge is 0.469 e. The van der Waals surface area contributed by atoms with Crippen LogP contribution >= 0.6 is 0 Å². The molecule has 19 heavy (non-hydrogen) atoms. The Morgan fingerprint density at radius 2 is 1.79 bits per heavy atom. The van der Waals surface area contributed by atoms with Gasteiger partial charge in [-0.3, -0.25) is 9.59 Å². The van der Waals surface area contributed by atoms with Gasteiger partial charge >= 0.3 is 5.97 Å². The zero-order valence-corrected chi connectivity index (χ0v) is 11.9. The van der Waals surface area contributed by atoms with Crippen molar-refractivity contribution >= 4 is 11.9 Å². The lowest BCUT2D eigenvalue weighted by Crippen LogP contribution is -2.37. The summed E-state index contributed by atoms with van der Waals surface area (Å²) < 4.78 is 4.70. The highest BCUT2D eigenvalue weighted by Gasteiger charge is 2.24. The fourth-order valence-corrected chi connectivity index (χ4v) is 2.04. The second kappa shape index (κ2) is 6.92. The van der Waals surface area contributed by atoms with E-state index in [0.29, 0.717) is 6.54 Å². The van der Waals surface area contributed by atoms with Crippen LogP contribution in [0.25, 0.3) is 0 Å². The van der Waals surface area contributed by atoms with E-state index in [9.17, 15) is 9.59 Å². The van der Waals surface area contributed by atoms with E-state index in [1.807, 2.05) is 37.3 Å². The summed E-state index contributed by atoms with van der Waals surface area (Å²) in [5.74, 6) is -0.682. The van der Waals surface area contributed by atoms with Crippen molar-refractivity contribution in [1.82, 2.24) is 4.90 Å². The van der Waals surface area contributed by atoms with Crippen LogP contribution in [0.4, 0.5) is 0 Å². The second-order valence-corrected chi connectivity index (χ2v) is 4.68. The van der Waals surface area contributed by atoms with Gasteiger partial charge in [0.15, 0.2) is 0 Å². The molecule has 0 aromatic heterocycles. The third kappa shape index (κ3) is 4.09. The van der Waals surface area contributed by atoms with Crippen molar-refractivity contribution < 1.29 is 14.3 Å². The molecule has 1 aromatic carbocycles. The number of hydrogen-bond donors (Lipinski definition) is 0. The molecule has 0 saturated heterocycles. The summed E-state index contributed by atoms with van der Waals surface area (Å²) in [6.07, 6.45) is 0. The van der Waals surface area contributed by atoms with Gasteiger partial charge in [-0.1, -0.05) is 37.3 Å². The van der Waals surface area contributed by atoms with Crippen molar-refractivity contribution in [2.45, 2.75) is 26.8 Å². The average molecular weight is 263 g/mol. The smallest absolute Gasteiger partial charge is 0.310 e. The second-order valence-electron chi connectivity index (χ2n) is 4.68. The fraction of sp³-hybridized carbons (Fsp3) is 0.467. The minimum Gasteiger partial charge on any atom is -0.469 e. The minimum atomic E-state index is -0.333. The van der Waals surface area contributed by atoms with Crippen molar-refractivity contribution in [3.63, 3.8) is 0 Å². The summed E-state index contributed by atoms with van der Waals surface area (Å²) in [4.78, 5) is 24.9. The van der Waals surface area contributed by atoms with Crippen molar-refractivity contribution in [3.05, 3.63) is 35.9 Å². The molecule has 0 aliphatic heterocycles. The standard InChI is InChI=1S/C15H21NO3/c1-11(15(18)19-4)10-16(13(3)17)12(2)14-8-6-5-7-9-14/h5-9,11-12H,10H2,1-4H3. The Hall–Kier alpha value is -1.84. The molecule has 0 fully saturated rings. The van der Waals surface area contributed by atoms with E-state index < -0.39 is 0 Å². The van der Waals surface area contributed by atoms with Crippen LogP contribution in [0.1, 0.15) is 32.4 Å². The molecule has 0 aliphatic carbocycles. The van der Waals surface area contributed by atoms with Crippen LogP contribution < -0.4 is 0 Å². The summed E-state index contributed by atoms with van der Waals surface area (Å²) in [6.45, 7) is 5.60. The van der Waals surface area contributed by atoms with E-state index in [-0.39, 0.29) is 23.8 Å². The summed E-state index contributed by atoms with van der Waals surface area (Å²) >= 11 is 0. The third-order valence-corrected chi connectivity index (χ3v) is 3.23. The van der Waals surface area contributed by atoms with Gasteiger partial charge in [0, 0.05) is 13.5 Å². The highest BCUT2D eigenvalue weighted by molar-refractivity contribution is 5.76. The van der Waals surface area contributed by atoms with Crippen LogP contribution in [0, 0.1) is 5.92 Å². The molecule has 1 amide bonds. The molecule has 1 rings (SSSR count). The Kier molecular flexibility index (Phi) is 5.55. The van der Waals surface area contributed by atoms with Gasteiger partial charge in [0.2, 0.25) is 5.91 Å². The van der Waals surface area contributed by atoms with Crippen molar-refractivity contribution in [3.8, 4) is 0 Å². The van der Waals surface area contributed by atoms with Crippen molar-refractivity contribution in [2.24, 2.45) is 5.92 Å². The topological polar surface area (TPSA) is 46.6 Å². The van der Waals surface area contributed by atoms with Gasteiger partial charge in [0.1, 0.15) is 0 Å². The first kappa shape index (κ1) is 15.2. The molecule has 0 heterocycles. The Morgan fingerprint density at radius 1 is 1.21 bits per heavy atom. The number of amides is 1. The van der Waals surface area contributed by atoms with Crippen molar-refractivity contribution in [2.75, 3.05) is 13.7 Å². The number of methoxy groups -OCH3 is 1. The lowest BCUT2D eigenvalue weighted by Gasteiger charge is -2.30. The molecular formula is C15H21NO3. The lowest BCUT2D eigenvalue weighted by molar-refractivity contribution is -0.146. The molecule has 4 heteroatoms. The van der Waals surface area contributed by atoms with Crippen LogP contribution in [0.3, 0.4) is 0 Å². The Morgan fingerprint density at radius 3 is 2.26 bits per heavy atom. The zero-order chi connectivity index (χ0) is 14.4. The van der Waals surface area contributed by atoms with Crippen LogP contribution in [0.5, 0.6) is 0 Å². The predicted molar refractivity (Wildman–Crippen MR) is 73.4 cm³/mol. The van der Waals surface area contributed by atoms with Gasteiger partial charge in [-0.2, -0.15) is 0 Å². The van der Waals surface area contributed by atoms with Gasteiger partial charge in [0.05, 0.1) is 19.1 Å². The number of carbonyl (C=O) groups is 2. The monoisotopic (exact) mass is 263 g/mol. The maximum absolute atomic E-state index is 11.8. The highest BCUT2D eigenvalue weighted by atomic mass is 16.5. The summed E-state index contributed by atoms with van der Waals surface area (Å²) in [5, 5.41) is 0. The number of esters is 1. The van der Waals surface area contributed by atoms with Gasteiger partial charge in [-0.15, -0.1) is 0 Å². The van der Waals surface area contributed by atoms with Gasteiger partial charge in [-0.25, -0.2) is 0 Å². The molecule has 1 aromatic rings. The third-order valence-electron chi connectivity index (χ3n) is 3.23. The van der Waals surface area contributed by atoms with Crippen LogP contribution in [-0.4, -0.2) is 30.4 Å². The lowest BCUT2D eigenvalue weighted by atomic mass is 10.0. The zero-order valence-electron chi connectivity index (χ0n) is 11.9. The molecule has 0 aliphatic rings. The highest BCUT2D eigenvalue weighted by Crippen LogP contribution is 2.21. The van der Waals surface area contributed by atoms with Crippen LogP contribution in [0.2, 0.25) is 0 Å². The van der Waals surface area contributed by atoms with Gasteiger partial charge in [-0.05, 0) is 12.5 Å². The van der Waals surface area contributed by atoms with Crippen molar-refractivity contribution in [1.29, 1.82) is 0 Å². The Labute approximate surface area is 114 Å². The molecule has 0 N–H and O–H groups in total. The molecular weight excluding hydrogens is 242 g/mol. The SMILES string of the molecule is COC(=O)C(C)CN(C(C)=O)C(C)c1ccccc1. The molecule has 0 radical (unpaired) electrons. The number of rotatable bonds is 5. The number of ether oxygens (including phenoxy) is 1. The van der Waals surface area contributed by atoms with E-state index >= 15 is 0 Å². The summed E-state index contributed by atoms with van der Waals surface area (Å²) in [7, 11) is 1.36. The van der Waals surface area contributed by atoms with E-state index in [1.165, 1.54) is 14.0 Å². The first-order chi connectivity index (χ1) is 8.97. The molecule has 0 spiro atoms. The van der Waals surface area contributed by atoms with E-state index in [1.54, 1.807) is 11.8 Å². The van der Waals surface area contributed by atoms with Gasteiger partial charge < -0.3 is 9.64 Å². The number of hydrogen-bond acceptors (Lipinski definition) is 3. The van der Waals surface area contributed by atoms with Crippen LogP contribution in [0.15, 0.2) is 30.3 Å². The van der Waals surface area contributed by atoms with Crippen LogP contribution in [-0.2, 0) is 14.3 Å². The normalized spacial score (nSPS) is 13.5. The van der Waals surface area contributed by atoms with E-state index in [0.717, 1.165) is 5.56 Å². The molecule has 104 valence electrons. The van der Waals surface area contributed by atoms with E-state index in [2.05, 4.69) is 0 Å². The fourth-order valence-electron chi connectivity index (χ4n) is 2.04. The van der Waals surface area contributed by atoms with E-state index in [4.69, 9.17) is 4.74 Å². The first-order valence-electron chi connectivity index (χ1n) is 6.37.